The van der Waals surface area contributed by atoms with Crippen LogP contribution in [0.2, 0.25) is 0 Å². The SMILES string of the molecule is Fc1ccccc1CNC1CCc2ccccc2C1. The Bertz CT molecular complexity index is 565. The number of aryl methyl sites for hydroxylation is 1. The van der Waals surface area contributed by atoms with Crippen molar-refractivity contribution in [2.24, 2.45) is 0 Å². The van der Waals surface area contributed by atoms with Crippen LogP contribution in [0, 0.1) is 5.82 Å². The third kappa shape index (κ3) is 2.85. The van der Waals surface area contributed by atoms with Gasteiger partial charge in [-0.3, -0.25) is 0 Å². The van der Waals surface area contributed by atoms with Gasteiger partial charge in [0, 0.05) is 18.2 Å². The topological polar surface area (TPSA) is 12.0 Å². The number of nitrogens with one attached hydrogen (secondary N) is 1. The first-order valence-electron chi connectivity index (χ1n) is 6.86. The number of hydrogen-bond donors (Lipinski definition) is 1. The summed E-state index contributed by atoms with van der Waals surface area (Å²) >= 11 is 0. The van der Waals surface area contributed by atoms with E-state index < -0.39 is 0 Å². The molecule has 3 rings (SSSR count). The van der Waals surface area contributed by atoms with Crippen LogP contribution in [0.4, 0.5) is 4.39 Å². The van der Waals surface area contributed by atoms with Gasteiger partial charge in [0.1, 0.15) is 5.82 Å². The standard InChI is InChI=1S/C17H18FN/c18-17-8-4-3-7-15(17)12-19-16-10-9-13-5-1-2-6-14(13)11-16/h1-8,16,19H,9-12H2. The molecule has 1 atom stereocenters. The molecule has 1 nitrogen and oxygen atoms in total. The molecule has 0 saturated carbocycles. The maximum atomic E-state index is 13.5. The summed E-state index contributed by atoms with van der Waals surface area (Å²) in [6.07, 6.45) is 3.29. The summed E-state index contributed by atoms with van der Waals surface area (Å²) in [5.74, 6) is -0.119. The first-order chi connectivity index (χ1) is 9.33. The monoisotopic (exact) mass is 255 g/mol. The molecule has 2 aromatic carbocycles. The molecule has 1 aliphatic rings. The fourth-order valence-corrected chi connectivity index (χ4v) is 2.77. The first kappa shape index (κ1) is 12.4. The van der Waals surface area contributed by atoms with Crippen LogP contribution < -0.4 is 5.32 Å². The lowest BCUT2D eigenvalue weighted by atomic mass is 9.88. The summed E-state index contributed by atoms with van der Waals surface area (Å²) < 4.78 is 13.5. The molecule has 0 heterocycles. The lowest BCUT2D eigenvalue weighted by molar-refractivity contribution is 0.451. The average Bonchev–Trinajstić information content (AvgIpc) is 2.46. The van der Waals surface area contributed by atoms with Crippen LogP contribution in [0.5, 0.6) is 0 Å². The zero-order valence-electron chi connectivity index (χ0n) is 10.9. The second-order valence-corrected chi connectivity index (χ2v) is 5.18. The fraction of sp³-hybridized carbons (Fsp3) is 0.294. The Morgan fingerprint density at radius 1 is 1.00 bits per heavy atom. The summed E-state index contributed by atoms with van der Waals surface area (Å²) in [5, 5.41) is 3.48. The molecule has 2 aromatic rings. The predicted octanol–water partition coefficient (Wildman–Crippen LogP) is 3.47. The van der Waals surface area contributed by atoms with Crippen molar-refractivity contribution in [3.8, 4) is 0 Å². The van der Waals surface area contributed by atoms with Crippen molar-refractivity contribution in [1.82, 2.24) is 5.32 Å². The van der Waals surface area contributed by atoms with E-state index in [1.54, 1.807) is 6.07 Å². The summed E-state index contributed by atoms with van der Waals surface area (Å²) in [5.41, 5.74) is 3.65. The Labute approximate surface area is 113 Å². The van der Waals surface area contributed by atoms with E-state index in [9.17, 15) is 4.39 Å². The molecule has 19 heavy (non-hydrogen) atoms. The number of benzene rings is 2. The Balaban J connectivity index is 1.62. The van der Waals surface area contributed by atoms with Crippen LogP contribution in [-0.4, -0.2) is 6.04 Å². The van der Waals surface area contributed by atoms with E-state index in [0.717, 1.165) is 24.8 Å². The molecule has 1 N–H and O–H groups in total. The van der Waals surface area contributed by atoms with Crippen molar-refractivity contribution >= 4 is 0 Å². The zero-order valence-corrected chi connectivity index (χ0v) is 10.9. The van der Waals surface area contributed by atoms with E-state index in [0.29, 0.717) is 12.6 Å². The maximum absolute atomic E-state index is 13.5. The molecule has 0 aliphatic heterocycles. The molecular formula is C17H18FN. The highest BCUT2D eigenvalue weighted by molar-refractivity contribution is 5.30. The second-order valence-electron chi connectivity index (χ2n) is 5.18. The van der Waals surface area contributed by atoms with Gasteiger partial charge in [0.25, 0.3) is 0 Å². The van der Waals surface area contributed by atoms with Gasteiger partial charge in [0.05, 0.1) is 0 Å². The van der Waals surface area contributed by atoms with Gasteiger partial charge < -0.3 is 5.32 Å². The van der Waals surface area contributed by atoms with Gasteiger partial charge in [0.15, 0.2) is 0 Å². The zero-order chi connectivity index (χ0) is 13.1. The van der Waals surface area contributed by atoms with E-state index in [4.69, 9.17) is 0 Å². The highest BCUT2D eigenvalue weighted by Gasteiger charge is 2.17. The summed E-state index contributed by atoms with van der Waals surface area (Å²) in [6, 6.07) is 16.0. The maximum Gasteiger partial charge on any atom is 0.127 e. The lowest BCUT2D eigenvalue weighted by Gasteiger charge is -2.25. The normalized spacial score (nSPS) is 18.1. The van der Waals surface area contributed by atoms with Crippen molar-refractivity contribution in [3.05, 3.63) is 71.0 Å². The molecule has 0 fully saturated rings. The summed E-state index contributed by atoms with van der Waals surface area (Å²) in [4.78, 5) is 0. The molecule has 1 unspecified atom stereocenters. The van der Waals surface area contributed by atoms with E-state index in [1.165, 1.54) is 17.2 Å². The first-order valence-corrected chi connectivity index (χ1v) is 6.86. The Morgan fingerprint density at radius 2 is 1.74 bits per heavy atom. The largest absolute Gasteiger partial charge is 0.309 e. The second kappa shape index (κ2) is 5.54. The van der Waals surface area contributed by atoms with Gasteiger partial charge in [-0.05, 0) is 36.5 Å². The molecule has 2 heteroatoms. The highest BCUT2D eigenvalue weighted by Crippen LogP contribution is 2.21. The van der Waals surface area contributed by atoms with Gasteiger partial charge in [-0.15, -0.1) is 0 Å². The van der Waals surface area contributed by atoms with Gasteiger partial charge in [0.2, 0.25) is 0 Å². The van der Waals surface area contributed by atoms with Crippen LogP contribution in [0.1, 0.15) is 23.1 Å². The van der Waals surface area contributed by atoms with E-state index in [1.807, 2.05) is 12.1 Å². The van der Waals surface area contributed by atoms with Crippen LogP contribution in [0.3, 0.4) is 0 Å². The third-order valence-electron chi connectivity index (χ3n) is 3.89. The molecule has 0 radical (unpaired) electrons. The van der Waals surface area contributed by atoms with Crippen molar-refractivity contribution in [3.63, 3.8) is 0 Å². The van der Waals surface area contributed by atoms with Gasteiger partial charge in [-0.25, -0.2) is 4.39 Å². The molecule has 1 aliphatic carbocycles. The molecule has 0 bridgehead atoms. The van der Waals surface area contributed by atoms with Gasteiger partial charge >= 0.3 is 0 Å². The van der Waals surface area contributed by atoms with Crippen LogP contribution in [0.15, 0.2) is 48.5 Å². The van der Waals surface area contributed by atoms with E-state index >= 15 is 0 Å². The van der Waals surface area contributed by atoms with Crippen LogP contribution in [0.25, 0.3) is 0 Å². The molecule has 98 valence electrons. The third-order valence-corrected chi connectivity index (χ3v) is 3.89. The lowest BCUT2D eigenvalue weighted by Crippen LogP contribution is -2.34. The number of rotatable bonds is 3. The van der Waals surface area contributed by atoms with Gasteiger partial charge in [-0.1, -0.05) is 42.5 Å². The number of fused-ring (bicyclic) bond motifs is 1. The predicted molar refractivity (Wildman–Crippen MR) is 75.5 cm³/mol. The number of hydrogen-bond acceptors (Lipinski definition) is 1. The molecule has 0 saturated heterocycles. The molecular weight excluding hydrogens is 237 g/mol. The number of halogens is 1. The Morgan fingerprint density at radius 3 is 2.58 bits per heavy atom. The van der Waals surface area contributed by atoms with Crippen molar-refractivity contribution in [1.29, 1.82) is 0 Å². The smallest absolute Gasteiger partial charge is 0.127 e. The Hall–Kier alpha value is -1.67. The summed E-state index contributed by atoms with van der Waals surface area (Å²) in [7, 11) is 0. The minimum Gasteiger partial charge on any atom is -0.309 e. The quantitative estimate of drug-likeness (QED) is 0.885. The van der Waals surface area contributed by atoms with Crippen molar-refractivity contribution in [2.75, 3.05) is 0 Å². The van der Waals surface area contributed by atoms with Crippen LogP contribution in [-0.2, 0) is 19.4 Å². The molecule has 0 aromatic heterocycles. The minimum absolute atomic E-state index is 0.119. The fourth-order valence-electron chi connectivity index (χ4n) is 2.77. The Kier molecular flexibility index (Phi) is 3.60. The van der Waals surface area contributed by atoms with E-state index in [2.05, 4.69) is 29.6 Å². The molecule has 0 spiro atoms. The molecule has 0 amide bonds. The van der Waals surface area contributed by atoms with Gasteiger partial charge in [-0.2, -0.15) is 0 Å². The van der Waals surface area contributed by atoms with Crippen molar-refractivity contribution < 1.29 is 4.39 Å². The average molecular weight is 255 g/mol. The minimum atomic E-state index is -0.119. The van der Waals surface area contributed by atoms with E-state index in [-0.39, 0.29) is 5.82 Å². The van der Waals surface area contributed by atoms with Crippen molar-refractivity contribution in [2.45, 2.75) is 31.8 Å². The van der Waals surface area contributed by atoms with Crippen LogP contribution >= 0.6 is 0 Å². The highest BCUT2D eigenvalue weighted by atomic mass is 19.1. The summed E-state index contributed by atoms with van der Waals surface area (Å²) in [6.45, 7) is 0.611.